The Morgan fingerprint density at radius 3 is 2.80 bits per heavy atom. The quantitative estimate of drug-likeness (QED) is 0.487. The summed E-state index contributed by atoms with van der Waals surface area (Å²) in [6.07, 6.45) is 4.49. The fourth-order valence-corrected chi connectivity index (χ4v) is 2.39. The Morgan fingerprint density at radius 1 is 1.40 bits per heavy atom. The number of hydrogen-bond donors (Lipinski definition) is 2. The topological polar surface area (TPSA) is 74.6 Å². The van der Waals surface area contributed by atoms with E-state index in [-0.39, 0.29) is 11.7 Å². The molecule has 5 nitrogen and oxygen atoms in total. The highest BCUT2D eigenvalue weighted by Gasteiger charge is 2.05. The number of phenols is 1. The van der Waals surface area contributed by atoms with Gasteiger partial charge in [0.25, 0.3) is 5.91 Å². The largest absolute Gasteiger partial charge is 0.507 e. The number of aromatic hydroxyl groups is 1. The third kappa shape index (κ3) is 3.53. The normalized spacial score (nSPS) is 10.7. The average molecular weight is 381 g/mol. The number of hydrazone groups is 1. The lowest BCUT2D eigenvalue weighted by Crippen LogP contribution is -2.17. The van der Waals surface area contributed by atoms with Gasteiger partial charge in [-0.25, -0.2) is 5.43 Å². The SMILES string of the molecule is Cc1cc(I)cc(/C=N\NC(=O)c2ccncc2)c1O. The minimum Gasteiger partial charge on any atom is -0.507 e. The maximum Gasteiger partial charge on any atom is 0.271 e. The van der Waals surface area contributed by atoms with Gasteiger partial charge in [0, 0.05) is 27.1 Å². The summed E-state index contributed by atoms with van der Waals surface area (Å²) in [4.78, 5) is 15.6. The molecule has 0 saturated carbocycles. The molecule has 1 amide bonds. The van der Waals surface area contributed by atoms with Crippen LogP contribution in [0.1, 0.15) is 21.5 Å². The number of amides is 1. The number of pyridine rings is 1. The van der Waals surface area contributed by atoms with Gasteiger partial charge in [-0.2, -0.15) is 5.10 Å². The molecule has 1 aromatic heterocycles. The van der Waals surface area contributed by atoms with Crippen molar-refractivity contribution in [1.82, 2.24) is 10.4 Å². The number of benzene rings is 1. The number of halogens is 1. The summed E-state index contributed by atoms with van der Waals surface area (Å²) in [7, 11) is 0. The fourth-order valence-electron chi connectivity index (χ4n) is 1.59. The highest BCUT2D eigenvalue weighted by molar-refractivity contribution is 14.1. The van der Waals surface area contributed by atoms with Crippen molar-refractivity contribution in [1.29, 1.82) is 0 Å². The van der Waals surface area contributed by atoms with Crippen LogP contribution in [0.4, 0.5) is 0 Å². The predicted octanol–water partition coefficient (Wildman–Crippen LogP) is 2.46. The van der Waals surface area contributed by atoms with Crippen molar-refractivity contribution in [3.8, 4) is 5.75 Å². The number of aryl methyl sites for hydroxylation is 1. The molecule has 0 unspecified atom stereocenters. The molecule has 1 heterocycles. The standard InChI is InChI=1S/C14H12IN3O2/c1-9-6-12(15)7-11(13(9)19)8-17-18-14(20)10-2-4-16-5-3-10/h2-8,19H,1H3,(H,18,20)/b17-8-. The van der Waals surface area contributed by atoms with E-state index in [0.717, 1.165) is 9.13 Å². The van der Waals surface area contributed by atoms with E-state index in [2.05, 4.69) is 38.1 Å². The van der Waals surface area contributed by atoms with Gasteiger partial charge < -0.3 is 5.11 Å². The van der Waals surface area contributed by atoms with E-state index < -0.39 is 0 Å². The molecule has 0 spiro atoms. The zero-order valence-electron chi connectivity index (χ0n) is 10.7. The van der Waals surface area contributed by atoms with E-state index in [1.807, 2.05) is 13.0 Å². The number of aromatic nitrogens is 1. The number of rotatable bonds is 3. The van der Waals surface area contributed by atoms with E-state index in [1.165, 1.54) is 18.6 Å². The van der Waals surface area contributed by atoms with Crippen LogP contribution in [0, 0.1) is 10.5 Å². The molecular formula is C14H12IN3O2. The van der Waals surface area contributed by atoms with Crippen molar-refractivity contribution in [2.45, 2.75) is 6.92 Å². The van der Waals surface area contributed by atoms with E-state index in [1.54, 1.807) is 18.2 Å². The van der Waals surface area contributed by atoms with E-state index in [9.17, 15) is 9.90 Å². The Morgan fingerprint density at radius 2 is 2.10 bits per heavy atom. The molecule has 2 aromatic rings. The Bertz CT molecular complexity index is 657. The fraction of sp³-hybridized carbons (Fsp3) is 0.0714. The first kappa shape index (κ1) is 14.4. The number of carbonyl (C=O) groups is 1. The molecule has 0 aliphatic rings. The number of nitrogens with one attached hydrogen (secondary N) is 1. The van der Waals surface area contributed by atoms with Crippen LogP contribution in [0.25, 0.3) is 0 Å². The minimum atomic E-state index is -0.328. The second-order valence-electron chi connectivity index (χ2n) is 4.10. The summed E-state index contributed by atoms with van der Waals surface area (Å²) in [6, 6.07) is 6.84. The van der Waals surface area contributed by atoms with Crippen molar-refractivity contribution in [3.05, 3.63) is 56.9 Å². The molecular weight excluding hydrogens is 369 g/mol. The van der Waals surface area contributed by atoms with E-state index >= 15 is 0 Å². The maximum absolute atomic E-state index is 11.7. The smallest absolute Gasteiger partial charge is 0.271 e. The van der Waals surface area contributed by atoms with Gasteiger partial charge in [0.2, 0.25) is 0 Å². The van der Waals surface area contributed by atoms with Crippen molar-refractivity contribution >= 4 is 34.7 Å². The van der Waals surface area contributed by atoms with Crippen LogP contribution in [-0.4, -0.2) is 22.2 Å². The van der Waals surface area contributed by atoms with Crippen LogP contribution in [-0.2, 0) is 0 Å². The second-order valence-corrected chi connectivity index (χ2v) is 5.34. The summed E-state index contributed by atoms with van der Waals surface area (Å²) in [5.41, 5.74) is 4.20. The van der Waals surface area contributed by atoms with E-state index in [4.69, 9.17) is 0 Å². The van der Waals surface area contributed by atoms with Gasteiger partial charge in [-0.3, -0.25) is 9.78 Å². The molecule has 0 saturated heterocycles. The lowest BCUT2D eigenvalue weighted by atomic mass is 10.1. The third-order valence-corrected chi connectivity index (χ3v) is 3.23. The summed E-state index contributed by atoms with van der Waals surface area (Å²) in [5, 5.41) is 13.7. The number of hydrogen-bond acceptors (Lipinski definition) is 4. The summed E-state index contributed by atoms with van der Waals surface area (Å²) < 4.78 is 0.986. The van der Waals surface area contributed by atoms with Gasteiger partial charge >= 0.3 is 0 Å². The first-order chi connectivity index (χ1) is 9.58. The average Bonchev–Trinajstić information content (AvgIpc) is 2.44. The Labute approximate surface area is 129 Å². The van der Waals surface area contributed by atoms with Gasteiger partial charge in [-0.05, 0) is 59.3 Å². The Kier molecular flexibility index (Phi) is 4.67. The molecule has 0 aliphatic carbocycles. The van der Waals surface area contributed by atoms with Crippen LogP contribution in [0.5, 0.6) is 5.75 Å². The van der Waals surface area contributed by atoms with Gasteiger partial charge in [0.05, 0.1) is 6.21 Å². The van der Waals surface area contributed by atoms with Gasteiger partial charge in [0.15, 0.2) is 0 Å². The van der Waals surface area contributed by atoms with Crippen molar-refractivity contribution in [2.75, 3.05) is 0 Å². The zero-order chi connectivity index (χ0) is 14.5. The first-order valence-electron chi connectivity index (χ1n) is 5.80. The molecule has 0 bridgehead atoms. The van der Waals surface area contributed by atoms with Crippen molar-refractivity contribution < 1.29 is 9.90 Å². The molecule has 0 fully saturated rings. The van der Waals surface area contributed by atoms with Crippen LogP contribution in [0.3, 0.4) is 0 Å². The maximum atomic E-state index is 11.7. The molecule has 0 radical (unpaired) electrons. The van der Waals surface area contributed by atoms with Gasteiger partial charge in [-0.15, -0.1) is 0 Å². The highest BCUT2D eigenvalue weighted by atomic mass is 127. The van der Waals surface area contributed by atoms with Gasteiger partial charge in [-0.1, -0.05) is 0 Å². The molecule has 1 aromatic carbocycles. The molecule has 2 rings (SSSR count). The van der Waals surface area contributed by atoms with Crippen molar-refractivity contribution in [2.24, 2.45) is 5.10 Å². The lowest BCUT2D eigenvalue weighted by molar-refractivity contribution is 0.0955. The Hall–Kier alpha value is -1.96. The molecule has 0 aliphatic heterocycles. The molecule has 20 heavy (non-hydrogen) atoms. The minimum absolute atomic E-state index is 0.160. The van der Waals surface area contributed by atoms with Crippen LogP contribution >= 0.6 is 22.6 Å². The van der Waals surface area contributed by atoms with Crippen LogP contribution < -0.4 is 5.43 Å². The van der Waals surface area contributed by atoms with Crippen LogP contribution in [0.2, 0.25) is 0 Å². The second kappa shape index (κ2) is 6.47. The predicted molar refractivity (Wildman–Crippen MR) is 84.9 cm³/mol. The number of nitrogens with zero attached hydrogens (tertiary/aromatic N) is 2. The number of carbonyl (C=O) groups excluding carboxylic acids is 1. The lowest BCUT2D eigenvalue weighted by Gasteiger charge is -2.04. The monoisotopic (exact) mass is 381 g/mol. The van der Waals surface area contributed by atoms with Gasteiger partial charge in [0.1, 0.15) is 5.75 Å². The molecule has 102 valence electrons. The summed E-state index contributed by atoms with van der Waals surface area (Å²) in [6.45, 7) is 1.81. The van der Waals surface area contributed by atoms with Crippen LogP contribution in [0.15, 0.2) is 41.8 Å². The third-order valence-electron chi connectivity index (χ3n) is 2.61. The molecule has 6 heteroatoms. The zero-order valence-corrected chi connectivity index (χ0v) is 12.8. The highest BCUT2D eigenvalue weighted by Crippen LogP contribution is 2.23. The summed E-state index contributed by atoms with van der Waals surface area (Å²) in [5.74, 6) is -0.169. The summed E-state index contributed by atoms with van der Waals surface area (Å²) >= 11 is 2.16. The first-order valence-corrected chi connectivity index (χ1v) is 6.88. The molecule has 2 N–H and O–H groups in total. The number of phenolic OH excluding ortho intramolecular Hbond substituents is 1. The van der Waals surface area contributed by atoms with E-state index in [0.29, 0.717) is 11.1 Å². The molecule has 0 atom stereocenters. The van der Waals surface area contributed by atoms with Crippen molar-refractivity contribution in [3.63, 3.8) is 0 Å². The Balaban J connectivity index is 2.10.